The number of esters is 1. The lowest BCUT2D eigenvalue weighted by Crippen LogP contribution is -2.46. The van der Waals surface area contributed by atoms with Crippen molar-refractivity contribution in [2.75, 3.05) is 13.2 Å². The van der Waals surface area contributed by atoms with Crippen molar-refractivity contribution in [2.45, 2.75) is 58.5 Å². The molecule has 3 N–H and O–H groups in total. The summed E-state index contributed by atoms with van der Waals surface area (Å²) < 4.78 is 5.23. The zero-order chi connectivity index (χ0) is 18.8. The van der Waals surface area contributed by atoms with Crippen molar-refractivity contribution in [2.24, 2.45) is 11.8 Å². The lowest BCUT2D eigenvalue weighted by Gasteiger charge is -2.25. The third-order valence-electron chi connectivity index (χ3n) is 4.14. The average molecular weight is 354 g/mol. The van der Waals surface area contributed by atoms with Crippen molar-refractivity contribution in [1.29, 1.82) is 0 Å². The molecule has 0 radical (unpaired) electrons. The molecule has 0 saturated carbocycles. The van der Waals surface area contributed by atoms with Crippen LogP contribution < -0.4 is 10.6 Å². The van der Waals surface area contributed by atoms with Crippen molar-refractivity contribution in [3.05, 3.63) is 12.2 Å². The van der Waals surface area contributed by atoms with Crippen molar-refractivity contribution < 1.29 is 24.2 Å². The molecule has 1 rings (SSSR count). The molecule has 0 saturated heterocycles. The number of cyclic esters (lactones) is 1. The number of rotatable bonds is 5. The highest BCUT2D eigenvalue weighted by Crippen LogP contribution is 2.14. The van der Waals surface area contributed by atoms with Crippen LogP contribution in [0.4, 0.5) is 0 Å². The molecule has 2 amide bonds. The second kappa shape index (κ2) is 10.9. The number of hydrogen-bond acceptors (Lipinski definition) is 5. The van der Waals surface area contributed by atoms with Gasteiger partial charge >= 0.3 is 5.97 Å². The SMILES string of the molecule is CC(C)[C@H]1COC(=O)CCC=CC[C@H](CC(=O)N[C@@H](C)CO)C(=O)N1. The number of aliphatic hydroxyl groups is 1. The molecule has 1 aliphatic heterocycles. The van der Waals surface area contributed by atoms with Gasteiger partial charge in [-0.3, -0.25) is 14.4 Å². The standard InChI is InChI=1S/C18H30N2O5/c1-12(2)15-11-25-17(23)8-6-4-5-7-14(18(24)20-15)9-16(22)19-13(3)10-21/h4-5,12-15,21H,6-11H2,1-3H3,(H,19,22)(H,20,24)/t13-,14+,15+/m0/s1. The van der Waals surface area contributed by atoms with Gasteiger partial charge in [-0.1, -0.05) is 26.0 Å². The molecule has 0 aromatic heterocycles. The Morgan fingerprint density at radius 1 is 1.36 bits per heavy atom. The number of nitrogens with one attached hydrogen (secondary N) is 2. The van der Waals surface area contributed by atoms with Crippen LogP contribution in [0.1, 0.15) is 46.5 Å². The highest BCUT2D eigenvalue weighted by Gasteiger charge is 2.26. The van der Waals surface area contributed by atoms with E-state index in [1.165, 1.54) is 0 Å². The van der Waals surface area contributed by atoms with E-state index in [9.17, 15) is 14.4 Å². The van der Waals surface area contributed by atoms with E-state index in [0.29, 0.717) is 19.3 Å². The van der Waals surface area contributed by atoms with Crippen LogP contribution >= 0.6 is 0 Å². The Kier molecular flexibility index (Phi) is 9.20. The zero-order valence-electron chi connectivity index (χ0n) is 15.3. The fourth-order valence-corrected chi connectivity index (χ4v) is 2.42. The smallest absolute Gasteiger partial charge is 0.306 e. The van der Waals surface area contributed by atoms with Gasteiger partial charge in [0.2, 0.25) is 11.8 Å². The number of carbonyl (C=O) groups is 3. The fraction of sp³-hybridized carbons (Fsp3) is 0.722. The van der Waals surface area contributed by atoms with Crippen molar-refractivity contribution in [1.82, 2.24) is 10.6 Å². The van der Waals surface area contributed by atoms with E-state index in [4.69, 9.17) is 9.84 Å². The van der Waals surface area contributed by atoms with Gasteiger partial charge in [0.1, 0.15) is 6.61 Å². The first-order valence-corrected chi connectivity index (χ1v) is 8.84. The third-order valence-corrected chi connectivity index (χ3v) is 4.14. The summed E-state index contributed by atoms with van der Waals surface area (Å²) in [4.78, 5) is 36.3. The van der Waals surface area contributed by atoms with Crippen LogP contribution in [-0.2, 0) is 19.1 Å². The van der Waals surface area contributed by atoms with Crippen molar-refractivity contribution in [3.63, 3.8) is 0 Å². The van der Waals surface area contributed by atoms with Crippen LogP contribution in [0.2, 0.25) is 0 Å². The highest BCUT2D eigenvalue weighted by molar-refractivity contribution is 5.86. The predicted molar refractivity (Wildman–Crippen MR) is 93.5 cm³/mol. The summed E-state index contributed by atoms with van der Waals surface area (Å²) >= 11 is 0. The third kappa shape index (κ3) is 8.16. The molecule has 1 aliphatic rings. The molecule has 0 aliphatic carbocycles. The van der Waals surface area contributed by atoms with Gasteiger partial charge in [0.05, 0.1) is 18.6 Å². The van der Waals surface area contributed by atoms with Crippen LogP contribution in [0.5, 0.6) is 0 Å². The largest absolute Gasteiger partial charge is 0.463 e. The number of ether oxygens (including phenoxy) is 1. The van der Waals surface area contributed by atoms with E-state index in [2.05, 4.69) is 10.6 Å². The molecule has 25 heavy (non-hydrogen) atoms. The van der Waals surface area contributed by atoms with Crippen LogP contribution in [-0.4, -0.2) is 48.2 Å². The van der Waals surface area contributed by atoms with E-state index in [-0.39, 0.29) is 55.4 Å². The number of hydrogen-bond donors (Lipinski definition) is 3. The predicted octanol–water partition coefficient (Wildman–Crippen LogP) is 0.914. The van der Waals surface area contributed by atoms with Crippen LogP contribution in [0.25, 0.3) is 0 Å². The van der Waals surface area contributed by atoms with Gasteiger partial charge < -0.3 is 20.5 Å². The number of allylic oxidation sites excluding steroid dienone is 2. The van der Waals surface area contributed by atoms with Gasteiger partial charge in [0, 0.05) is 18.9 Å². The van der Waals surface area contributed by atoms with E-state index >= 15 is 0 Å². The number of amides is 2. The first kappa shape index (κ1) is 21.2. The minimum absolute atomic E-state index is 0.0467. The molecule has 7 nitrogen and oxygen atoms in total. The Hall–Kier alpha value is -1.89. The maximum atomic E-state index is 12.6. The molecular weight excluding hydrogens is 324 g/mol. The first-order valence-electron chi connectivity index (χ1n) is 8.84. The average Bonchev–Trinajstić information content (AvgIpc) is 2.55. The fourth-order valence-electron chi connectivity index (χ4n) is 2.42. The maximum Gasteiger partial charge on any atom is 0.306 e. The Morgan fingerprint density at radius 2 is 2.08 bits per heavy atom. The summed E-state index contributed by atoms with van der Waals surface area (Å²) in [6.45, 7) is 5.56. The van der Waals surface area contributed by atoms with E-state index in [1.54, 1.807) is 6.92 Å². The summed E-state index contributed by atoms with van der Waals surface area (Å²) in [6.07, 6.45) is 4.98. The van der Waals surface area contributed by atoms with Gasteiger partial charge in [-0.25, -0.2) is 0 Å². The lowest BCUT2D eigenvalue weighted by molar-refractivity contribution is -0.145. The minimum Gasteiger partial charge on any atom is -0.463 e. The molecule has 0 aromatic carbocycles. The quantitative estimate of drug-likeness (QED) is 0.503. The first-order chi connectivity index (χ1) is 11.8. The van der Waals surface area contributed by atoms with Crippen molar-refractivity contribution in [3.8, 4) is 0 Å². The monoisotopic (exact) mass is 354 g/mol. The Balaban J connectivity index is 2.81. The minimum atomic E-state index is -0.501. The molecule has 1 heterocycles. The molecule has 0 fully saturated rings. The highest BCUT2D eigenvalue weighted by atomic mass is 16.5. The van der Waals surface area contributed by atoms with Gasteiger partial charge in [-0.15, -0.1) is 0 Å². The molecule has 7 heteroatoms. The molecule has 3 atom stereocenters. The summed E-state index contributed by atoms with van der Waals surface area (Å²) in [6, 6.07) is -0.637. The lowest BCUT2D eigenvalue weighted by atomic mass is 9.97. The number of carbonyl (C=O) groups excluding carboxylic acids is 3. The van der Waals surface area contributed by atoms with Crippen LogP contribution in [0.15, 0.2) is 12.2 Å². The Bertz CT molecular complexity index is 490. The van der Waals surface area contributed by atoms with Gasteiger partial charge in [0.15, 0.2) is 0 Å². The molecule has 0 unspecified atom stereocenters. The molecule has 142 valence electrons. The summed E-state index contributed by atoms with van der Waals surface area (Å²) in [5.74, 6) is -1.18. The van der Waals surface area contributed by atoms with Gasteiger partial charge in [-0.05, 0) is 25.7 Å². The van der Waals surface area contributed by atoms with E-state index < -0.39 is 5.92 Å². The second-order valence-corrected chi connectivity index (χ2v) is 6.84. The Morgan fingerprint density at radius 3 is 2.72 bits per heavy atom. The number of aliphatic hydroxyl groups excluding tert-OH is 1. The van der Waals surface area contributed by atoms with Gasteiger partial charge in [-0.2, -0.15) is 0 Å². The van der Waals surface area contributed by atoms with E-state index in [1.807, 2.05) is 26.0 Å². The molecule has 0 bridgehead atoms. The second-order valence-electron chi connectivity index (χ2n) is 6.84. The van der Waals surface area contributed by atoms with Crippen LogP contribution in [0, 0.1) is 11.8 Å². The maximum absolute atomic E-state index is 12.6. The summed E-state index contributed by atoms with van der Waals surface area (Å²) in [7, 11) is 0. The van der Waals surface area contributed by atoms with Crippen molar-refractivity contribution >= 4 is 17.8 Å². The summed E-state index contributed by atoms with van der Waals surface area (Å²) in [5.41, 5.74) is 0. The van der Waals surface area contributed by atoms with Gasteiger partial charge in [0.25, 0.3) is 0 Å². The molecule has 0 aromatic rings. The van der Waals surface area contributed by atoms with Crippen LogP contribution in [0.3, 0.4) is 0 Å². The normalized spacial score (nSPS) is 23.9. The topological polar surface area (TPSA) is 105 Å². The summed E-state index contributed by atoms with van der Waals surface area (Å²) in [5, 5.41) is 14.6. The molecule has 0 spiro atoms. The molecular formula is C18H30N2O5. The Labute approximate surface area is 149 Å². The zero-order valence-corrected chi connectivity index (χ0v) is 15.3. The van der Waals surface area contributed by atoms with E-state index in [0.717, 1.165) is 0 Å².